The van der Waals surface area contributed by atoms with E-state index < -0.39 is 0 Å². The van der Waals surface area contributed by atoms with E-state index in [4.69, 9.17) is 5.73 Å². The van der Waals surface area contributed by atoms with E-state index in [9.17, 15) is 0 Å². The Morgan fingerprint density at radius 3 is 3.06 bits per heavy atom. The molecule has 1 saturated heterocycles. The van der Waals surface area contributed by atoms with Gasteiger partial charge in [0, 0.05) is 18.4 Å². The third-order valence-electron chi connectivity index (χ3n) is 3.59. The number of aromatic nitrogens is 1. The second-order valence-electron chi connectivity index (χ2n) is 4.70. The molecule has 0 bridgehead atoms. The minimum Gasteiger partial charge on any atom is -0.330 e. The summed E-state index contributed by atoms with van der Waals surface area (Å²) in [4.78, 5) is 6.66. The van der Waals surface area contributed by atoms with Crippen LogP contribution in [0, 0.1) is 5.92 Å². The highest BCUT2D eigenvalue weighted by molar-refractivity contribution is 5.15. The molecule has 2 unspecified atom stereocenters. The third kappa shape index (κ3) is 2.42. The number of nitrogens with two attached hydrogens (primary N) is 1. The Kier molecular flexibility index (Phi) is 3.91. The molecule has 1 aromatic heterocycles. The molecule has 3 heteroatoms. The standard InChI is InChI=1S/C13H21N3/c1-16-8-3-2-5-11(9-14)13(16)12-6-4-7-15-10-12/h4,6-7,10-11,13H,2-3,5,8-9,14H2,1H3. The maximum absolute atomic E-state index is 5.92. The van der Waals surface area contributed by atoms with E-state index in [0.717, 1.165) is 13.1 Å². The number of likely N-dealkylation sites (tertiary alicyclic amines) is 1. The van der Waals surface area contributed by atoms with Crippen molar-refractivity contribution < 1.29 is 0 Å². The summed E-state index contributed by atoms with van der Waals surface area (Å²) in [6.45, 7) is 1.93. The normalized spacial score (nSPS) is 27.6. The molecule has 0 aliphatic carbocycles. The number of hydrogen-bond acceptors (Lipinski definition) is 3. The molecule has 0 radical (unpaired) electrons. The zero-order chi connectivity index (χ0) is 11.4. The average molecular weight is 219 g/mol. The highest BCUT2D eigenvalue weighted by Gasteiger charge is 2.27. The van der Waals surface area contributed by atoms with E-state index >= 15 is 0 Å². The molecule has 0 amide bonds. The van der Waals surface area contributed by atoms with Crippen molar-refractivity contribution in [3.8, 4) is 0 Å². The molecule has 2 heterocycles. The lowest BCUT2D eigenvalue weighted by atomic mass is 9.90. The molecule has 1 aliphatic heterocycles. The number of hydrogen-bond donors (Lipinski definition) is 1. The summed E-state index contributed by atoms with van der Waals surface area (Å²) < 4.78 is 0. The van der Waals surface area contributed by atoms with Crippen LogP contribution in [0.1, 0.15) is 30.9 Å². The molecule has 1 aromatic rings. The van der Waals surface area contributed by atoms with Gasteiger partial charge in [0.05, 0.1) is 0 Å². The fraction of sp³-hybridized carbons (Fsp3) is 0.615. The minimum absolute atomic E-state index is 0.446. The Labute approximate surface area is 97.7 Å². The highest BCUT2D eigenvalue weighted by atomic mass is 15.1. The first kappa shape index (κ1) is 11.6. The molecule has 3 nitrogen and oxygen atoms in total. The van der Waals surface area contributed by atoms with Crippen LogP contribution in [-0.2, 0) is 0 Å². The first-order valence-corrected chi connectivity index (χ1v) is 6.13. The molecule has 0 spiro atoms. The zero-order valence-corrected chi connectivity index (χ0v) is 9.97. The molecule has 2 atom stereocenters. The van der Waals surface area contributed by atoms with Gasteiger partial charge in [0.2, 0.25) is 0 Å². The lowest BCUT2D eigenvalue weighted by Crippen LogP contribution is -2.33. The van der Waals surface area contributed by atoms with E-state index in [1.807, 2.05) is 18.5 Å². The first-order chi connectivity index (χ1) is 7.83. The largest absolute Gasteiger partial charge is 0.330 e. The summed E-state index contributed by atoms with van der Waals surface area (Å²) in [5.41, 5.74) is 7.22. The van der Waals surface area contributed by atoms with Crippen LogP contribution in [0.3, 0.4) is 0 Å². The fourth-order valence-corrected chi connectivity index (χ4v) is 2.75. The lowest BCUT2D eigenvalue weighted by Gasteiger charge is -2.31. The van der Waals surface area contributed by atoms with E-state index in [0.29, 0.717) is 12.0 Å². The van der Waals surface area contributed by atoms with Gasteiger partial charge in [0.25, 0.3) is 0 Å². The summed E-state index contributed by atoms with van der Waals surface area (Å²) >= 11 is 0. The maximum Gasteiger partial charge on any atom is 0.0400 e. The summed E-state index contributed by atoms with van der Waals surface area (Å²) in [6.07, 6.45) is 7.62. The van der Waals surface area contributed by atoms with Crippen LogP contribution in [0.15, 0.2) is 24.5 Å². The number of pyridine rings is 1. The van der Waals surface area contributed by atoms with Gasteiger partial charge < -0.3 is 5.73 Å². The van der Waals surface area contributed by atoms with Gasteiger partial charge in [0.1, 0.15) is 0 Å². The molecular weight excluding hydrogens is 198 g/mol. The fourth-order valence-electron chi connectivity index (χ4n) is 2.75. The van der Waals surface area contributed by atoms with Crippen molar-refractivity contribution in [1.82, 2.24) is 9.88 Å². The van der Waals surface area contributed by atoms with E-state index in [1.54, 1.807) is 0 Å². The SMILES string of the molecule is CN1CCCCC(CN)C1c1cccnc1. The van der Waals surface area contributed by atoms with Gasteiger partial charge in [-0.25, -0.2) is 0 Å². The molecule has 2 N–H and O–H groups in total. The summed E-state index contributed by atoms with van der Waals surface area (Å²) in [7, 11) is 2.20. The van der Waals surface area contributed by atoms with Crippen LogP contribution in [0.5, 0.6) is 0 Å². The molecule has 16 heavy (non-hydrogen) atoms. The maximum atomic E-state index is 5.92. The van der Waals surface area contributed by atoms with Gasteiger partial charge in [-0.05, 0) is 50.5 Å². The molecule has 1 fully saturated rings. The van der Waals surface area contributed by atoms with E-state index in [-0.39, 0.29) is 0 Å². The summed E-state index contributed by atoms with van der Waals surface area (Å²) in [5, 5.41) is 0. The molecule has 1 aliphatic rings. The highest BCUT2D eigenvalue weighted by Crippen LogP contribution is 2.32. The Bertz CT molecular complexity index is 312. The quantitative estimate of drug-likeness (QED) is 0.825. The minimum atomic E-state index is 0.446. The van der Waals surface area contributed by atoms with E-state index in [2.05, 4.69) is 23.0 Å². The Morgan fingerprint density at radius 1 is 1.50 bits per heavy atom. The molecule has 0 saturated carbocycles. The number of nitrogens with zero attached hydrogens (tertiary/aromatic N) is 2. The molecule has 88 valence electrons. The van der Waals surface area contributed by atoms with Gasteiger partial charge in [-0.1, -0.05) is 12.5 Å². The van der Waals surface area contributed by atoms with Crippen molar-refractivity contribution >= 4 is 0 Å². The van der Waals surface area contributed by atoms with Gasteiger partial charge in [-0.2, -0.15) is 0 Å². The lowest BCUT2D eigenvalue weighted by molar-refractivity contribution is 0.195. The predicted molar refractivity (Wildman–Crippen MR) is 66.0 cm³/mol. The van der Waals surface area contributed by atoms with Crippen LogP contribution >= 0.6 is 0 Å². The van der Waals surface area contributed by atoms with Crippen LogP contribution in [0.25, 0.3) is 0 Å². The third-order valence-corrected chi connectivity index (χ3v) is 3.59. The van der Waals surface area contributed by atoms with Crippen LogP contribution < -0.4 is 5.73 Å². The van der Waals surface area contributed by atoms with Gasteiger partial charge >= 0.3 is 0 Å². The van der Waals surface area contributed by atoms with Crippen molar-refractivity contribution in [2.45, 2.75) is 25.3 Å². The zero-order valence-electron chi connectivity index (χ0n) is 9.97. The molecule has 2 rings (SSSR count). The monoisotopic (exact) mass is 219 g/mol. The van der Waals surface area contributed by atoms with Crippen LogP contribution in [0.4, 0.5) is 0 Å². The van der Waals surface area contributed by atoms with Crippen LogP contribution in [0.2, 0.25) is 0 Å². The van der Waals surface area contributed by atoms with Crippen molar-refractivity contribution in [3.05, 3.63) is 30.1 Å². The van der Waals surface area contributed by atoms with Crippen molar-refractivity contribution in [1.29, 1.82) is 0 Å². The van der Waals surface area contributed by atoms with Gasteiger partial charge in [-0.3, -0.25) is 9.88 Å². The number of rotatable bonds is 2. The second kappa shape index (κ2) is 5.41. The van der Waals surface area contributed by atoms with Crippen molar-refractivity contribution in [2.24, 2.45) is 11.7 Å². The summed E-state index contributed by atoms with van der Waals surface area (Å²) in [5.74, 6) is 0.566. The van der Waals surface area contributed by atoms with Crippen molar-refractivity contribution in [3.63, 3.8) is 0 Å². The average Bonchev–Trinajstić information content (AvgIpc) is 2.51. The predicted octanol–water partition coefficient (Wildman–Crippen LogP) is 1.81. The van der Waals surface area contributed by atoms with E-state index in [1.165, 1.54) is 24.8 Å². The smallest absolute Gasteiger partial charge is 0.0400 e. The van der Waals surface area contributed by atoms with Crippen molar-refractivity contribution in [2.75, 3.05) is 20.1 Å². The molecular formula is C13H21N3. The van der Waals surface area contributed by atoms with Gasteiger partial charge in [-0.15, -0.1) is 0 Å². The molecule has 0 aromatic carbocycles. The summed E-state index contributed by atoms with van der Waals surface area (Å²) in [6, 6.07) is 4.63. The van der Waals surface area contributed by atoms with Crippen LogP contribution in [-0.4, -0.2) is 30.0 Å². The Balaban J connectivity index is 2.25. The first-order valence-electron chi connectivity index (χ1n) is 6.13. The van der Waals surface area contributed by atoms with Gasteiger partial charge in [0.15, 0.2) is 0 Å². The second-order valence-corrected chi connectivity index (χ2v) is 4.70. The Hall–Kier alpha value is -0.930. The Morgan fingerprint density at radius 2 is 2.38 bits per heavy atom. The topological polar surface area (TPSA) is 42.1 Å².